The van der Waals surface area contributed by atoms with E-state index in [0.717, 1.165) is 25.6 Å². The lowest BCUT2D eigenvalue weighted by molar-refractivity contribution is -0.0594. The van der Waals surface area contributed by atoms with Gasteiger partial charge in [0.05, 0.1) is 0 Å². The monoisotopic (exact) mass is 345 g/mol. The predicted molar refractivity (Wildman–Crippen MR) is 99.0 cm³/mol. The SMILES string of the molecule is CCCCCNC(C)C1(OCC)CCCC[Si]1(OCC)OCC. The van der Waals surface area contributed by atoms with Crippen molar-refractivity contribution in [2.24, 2.45) is 0 Å². The Hall–Kier alpha value is 0.0569. The van der Waals surface area contributed by atoms with Crippen LogP contribution in [-0.4, -0.2) is 46.2 Å². The zero-order valence-electron chi connectivity index (χ0n) is 16.1. The molecule has 5 heteroatoms. The van der Waals surface area contributed by atoms with E-state index in [0.29, 0.717) is 13.2 Å². The number of hydrogen-bond donors (Lipinski definition) is 1. The van der Waals surface area contributed by atoms with Crippen LogP contribution in [0.4, 0.5) is 0 Å². The van der Waals surface area contributed by atoms with Crippen LogP contribution in [0.25, 0.3) is 0 Å². The van der Waals surface area contributed by atoms with Gasteiger partial charge < -0.3 is 18.9 Å². The first-order chi connectivity index (χ1) is 11.1. The first kappa shape index (κ1) is 21.1. The van der Waals surface area contributed by atoms with Crippen LogP contribution in [0.1, 0.15) is 73.1 Å². The van der Waals surface area contributed by atoms with Gasteiger partial charge in [0.25, 0.3) is 0 Å². The van der Waals surface area contributed by atoms with Gasteiger partial charge in [0, 0.05) is 25.9 Å². The summed E-state index contributed by atoms with van der Waals surface area (Å²) in [6.45, 7) is 14.0. The van der Waals surface area contributed by atoms with Crippen LogP contribution in [0.5, 0.6) is 0 Å². The molecule has 1 aliphatic rings. The lowest BCUT2D eigenvalue weighted by Crippen LogP contribution is -2.72. The van der Waals surface area contributed by atoms with E-state index in [1.807, 2.05) is 0 Å². The second-order valence-corrected chi connectivity index (χ2v) is 9.96. The van der Waals surface area contributed by atoms with Crippen molar-refractivity contribution < 1.29 is 13.6 Å². The molecule has 0 aromatic carbocycles. The topological polar surface area (TPSA) is 39.7 Å². The van der Waals surface area contributed by atoms with Gasteiger partial charge in [0.15, 0.2) is 0 Å². The third-order valence-corrected chi connectivity index (χ3v) is 9.67. The lowest BCUT2D eigenvalue weighted by Gasteiger charge is -2.52. The molecule has 4 nitrogen and oxygen atoms in total. The van der Waals surface area contributed by atoms with Crippen molar-refractivity contribution in [3.05, 3.63) is 0 Å². The summed E-state index contributed by atoms with van der Waals surface area (Å²) in [5, 5.41) is 3.47. The second-order valence-electron chi connectivity index (χ2n) is 6.53. The van der Waals surface area contributed by atoms with Crippen molar-refractivity contribution in [1.82, 2.24) is 5.32 Å². The van der Waals surface area contributed by atoms with Crippen LogP contribution >= 0.6 is 0 Å². The van der Waals surface area contributed by atoms with Crippen molar-refractivity contribution in [2.45, 2.75) is 90.5 Å². The molecule has 0 spiro atoms. The number of unbranched alkanes of at least 4 members (excludes halogenated alkanes) is 2. The molecule has 23 heavy (non-hydrogen) atoms. The van der Waals surface area contributed by atoms with Gasteiger partial charge in [-0.15, -0.1) is 0 Å². The van der Waals surface area contributed by atoms with Gasteiger partial charge in [-0.2, -0.15) is 0 Å². The van der Waals surface area contributed by atoms with Crippen LogP contribution in [-0.2, 0) is 13.6 Å². The summed E-state index contributed by atoms with van der Waals surface area (Å²) in [5.74, 6) is 0. The molecule has 0 amide bonds. The van der Waals surface area contributed by atoms with Crippen LogP contribution < -0.4 is 5.32 Å². The molecular weight excluding hydrogens is 306 g/mol. The molecule has 1 N–H and O–H groups in total. The highest BCUT2D eigenvalue weighted by atomic mass is 28.4. The zero-order chi connectivity index (χ0) is 17.2. The van der Waals surface area contributed by atoms with Gasteiger partial charge in [-0.3, -0.25) is 0 Å². The van der Waals surface area contributed by atoms with Gasteiger partial charge in [0.2, 0.25) is 0 Å². The Morgan fingerprint density at radius 2 is 1.70 bits per heavy atom. The van der Waals surface area contributed by atoms with E-state index in [4.69, 9.17) is 13.6 Å². The highest BCUT2D eigenvalue weighted by Gasteiger charge is 2.62. The largest absolute Gasteiger partial charge is 0.393 e. The highest BCUT2D eigenvalue weighted by Crippen LogP contribution is 2.43. The number of rotatable bonds is 12. The number of ether oxygens (including phenoxy) is 1. The van der Waals surface area contributed by atoms with E-state index in [1.165, 1.54) is 32.1 Å². The van der Waals surface area contributed by atoms with E-state index in [1.54, 1.807) is 0 Å². The Balaban J connectivity index is 2.98. The lowest BCUT2D eigenvalue weighted by atomic mass is 10.0. The summed E-state index contributed by atoms with van der Waals surface area (Å²) >= 11 is 0. The Labute approximate surface area is 144 Å². The smallest absolute Gasteiger partial charge is 0.372 e. The molecule has 1 rings (SSSR count). The minimum atomic E-state index is -2.40. The Kier molecular flexibility index (Phi) is 9.93. The van der Waals surface area contributed by atoms with Gasteiger partial charge >= 0.3 is 8.56 Å². The van der Waals surface area contributed by atoms with E-state index in [-0.39, 0.29) is 11.3 Å². The van der Waals surface area contributed by atoms with Crippen LogP contribution in [0.15, 0.2) is 0 Å². The Morgan fingerprint density at radius 1 is 1.00 bits per heavy atom. The molecule has 0 bridgehead atoms. The van der Waals surface area contributed by atoms with Crippen molar-refractivity contribution in [3.63, 3.8) is 0 Å². The molecule has 1 heterocycles. The molecule has 0 aromatic heterocycles. The van der Waals surface area contributed by atoms with Crippen molar-refractivity contribution in [2.75, 3.05) is 26.4 Å². The summed E-state index contributed by atoms with van der Waals surface area (Å²) in [5.41, 5.74) is 0. The molecule has 2 unspecified atom stereocenters. The summed E-state index contributed by atoms with van der Waals surface area (Å²) in [6, 6.07) is 1.32. The molecule has 0 aliphatic carbocycles. The number of hydrogen-bond acceptors (Lipinski definition) is 4. The first-order valence-electron chi connectivity index (χ1n) is 9.77. The Morgan fingerprint density at radius 3 is 2.26 bits per heavy atom. The summed E-state index contributed by atoms with van der Waals surface area (Å²) in [4.78, 5) is 0. The fraction of sp³-hybridized carbons (Fsp3) is 1.00. The molecule has 0 saturated carbocycles. The average molecular weight is 346 g/mol. The standard InChI is InChI=1S/C18H39NO3Si/c1-6-10-12-15-19-17(5)18(20-7-2)14-11-13-16-23(18,21-8-3)22-9-4/h17,19H,6-16H2,1-5H3. The molecule has 138 valence electrons. The van der Waals surface area contributed by atoms with E-state index in [2.05, 4.69) is 39.9 Å². The molecule has 0 radical (unpaired) electrons. The van der Waals surface area contributed by atoms with Crippen LogP contribution in [0, 0.1) is 0 Å². The maximum absolute atomic E-state index is 6.46. The third kappa shape index (κ3) is 5.02. The zero-order valence-corrected chi connectivity index (χ0v) is 17.1. The molecule has 0 aromatic rings. The number of nitrogens with one attached hydrogen (secondary N) is 1. The summed E-state index contributed by atoms with van der Waals surface area (Å²) in [7, 11) is -2.40. The fourth-order valence-electron chi connectivity index (χ4n) is 4.01. The van der Waals surface area contributed by atoms with E-state index in [9.17, 15) is 0 Å². The quantitative estimate of drug-likeness (QED) is 0.426. The van der Waals surface area contributed by atoms with Crippen molar-refractivity contribution in [1.29, 1.82) is 0 Å². The first-order valence-corrected chi connectivity index (χ1v) is 11.8. The van der Waals surface area contributed by atoms with Gasteiger partial charge in [-0.1, -0.05) is 32.6 Å². The summed E-state index contributed by atoms with van der Waals surface area (Å²) < 4.78 is 19.2. The maximum Gasteiger partial charge on any atom is 0.372 e. The van der Waals surface area contributed by atoms with Crippen LogP contribution in [0.2, 0.25) is 6.04 Å². The average Bonchev–Trinajstić information content (AvgIpc) is 2.54. The third-order valence-electron chi connectivity index (χ3n) is 5.04. The van der Waals surface area contributed by atoms with Gasteiger partial charge in [-0.25, -0.2) is 0 Å². The van der Waals surface area contributed by atoms with Crippen molar-refractivity contribution in [3.8, 4) is 0 Å². The van der Waals surface area contributed by atoms with Crippen LogP contribution in [0.3, 0.4) is 0 Å². The van der Waals surface area contributed by atoms with E-state index >= 15 is 0 Å². The van der Waals surface area contributed by atoms with Gasteiger partial charge in [-0.05, 0) is 53.1 Å². The van der Waals surface area contributed by atoms with Gasteiger partial charge in [0.1, 0.15) is 5.22 Å². The predicted octanol–water partition coefficient (Wildman–Crippen LogP) is 4.17. The normalized spacial score (nSPS) is 25.4. The van der Waals surface area contributed by atoms with E-state index < -0.39 is 8.56 Å². The molecule has 1 fully saturated rings. The molecule has 1 aliphatic heterocycles. The maximum atomic E-state index is 6.46. The summed E-state index contributed by atoms with van der Waals surface area (Å²) in [6.07, 6.45) is 7.21. The van der Waals surface area contributed by atoms with Crippen molar-refractivity contribution >= 4 is 8.56 Å². The second kappa shape index (κ2) is 10.8. The minimum Gasteiger partial charge on any atom is -0.393 e. The molecule has 2 atom stereocenters. The minimum absolute atomic E-state index is 0.266. The molecule has 1 saturated heterocycles. The fourth-order valence-corrected chi connectivity index (χ4v) is 8.63. The molecular formula is C18H39NO3Si. The highest BCUT2D eigenvalue weighted by molar-refractivity contribution is 6.71. The Bertz CT molecular complexity index is 301.